The van der Waals surface area contributed by atoms with Gasteiger partial charge in [0.2, 0.25) is 0 Å². The van der Waals surface area contributed by atoms with Gasteiger partial charge < -0.3 is 4.74 Å². The number of piperazine rings is 1. The molecular formula is C16H28N4O. The van der Waals surface area contributed by atoms with E-state index in [1.54, 1.807) is 0 Å². The molecule has 1 fully saturated rings. The molecule has 5 nitrogen and oxygen atoms in total. The third kappa shape index (κ3) is 5.02. The van der Waals surface area contributed by atoms with Gasteiger partial charge in [-0.1, -0.05) is 6.92 Å². The molecule has 2 heterocycles. The van der Waals surface area contributed by atoms with E-state index in [-0.39, 0.29) is 0 Å². The van der Waals surface area contributed by atoms with Crippen LogP contribution in [0.15, 0.2) is 12.4 Å². The van der Waals surface area contributed by atoms with Crippen LogP contribution in [0.3, 0.4) is 0 Å². The molecule has 0 amide bonds. The molecule has 1 aromatic rings. The third-order valence-corrected chi connectivity index (χ3v) is 4.11. The lowest BCUT2D eigenvalue weighted by Gasteiger charge is -2.41. The van der Waals surface area contributed by atoms with E-state index in [1.807, 2.05) is 19.3 Å². The quantitative estimate of drug-likeness (QED) is 0.716. The minimum Gasteiger partial charge on any atom is -0.380 e. The maximum absolute atomic E-state index is 5.49. The van der Waals surface area contributed by atoms with E-state index in [2.05, 4.69) is 33.6 Å². The molecular weight excluding hydrogens is 264 g/mol. The molecule has 1 unspecified atom stereocenters. The number of hydrogen-bond acceptors (Lipinski definition) is 5. The van der Waals surface area contributed by atoms with E-state index in [9.17, 15) is 0 Å². The smallest absolute Gasteiger partial charge is 0.0727 e. The maximum atomic E-state index is 5.49. The Morgan fingerprint density at radius 2 is 2.10 bits per heavy atom. The molecule has 1 saturated heterocycles. The topological polar surface area (TPSA) is 41.5 Å². The third-order valence-electron chi connectivity index (χ3n) is 4.11. The molecule has 1 aliphatic heterocycles. The monoisotopic (exact) mass is 292 g/mol. The minimum atomic E-state index is 0.623. The van der Waals surface area contributed by atoms with Gasteiger partial charge in [0.1, 0.15) is 0 Å². The Labute approximate surface area is 128 Å². The fraction of sp³-hybridized carbons (Fsp3) is 0.750. The van der Waals surface area contributed by atoms with E-state index >= 15 is 0 Å². The number of aryl methyl sites for hydroxylation is 1. The van der Waals surface area contributed by atoms with Crippen molar-refractivity contribution < 1.29 is 4.74 Å². The highest BCUT2D eigenvalue weighted by Crippen LogP contribution is 2.14. The molecule has 1 aliphatic rings. The van der Waals surface area contributed by atoms with Gasteiger partial charge in [-0.25, -0.2) is 0 Å². The van der Waals surface area contributed by atoms with Crippen molar-refractivity contribution in [2.24, 2.45) is 0 Å². The molecule has 2 rings (SSSR count). The van der Waals surface area contributed by atoms with Crippen LogP contribution in [-0.4, -0.2) is 65.2 Å². The van der Waals surface area contributed by atoms with Gasteiger partial charge in [0.25, 0.3) is 0 Å². The molecule has 0 spiro atoms. The second kappa shape index (κ2) is 8.41. The first-order valence-electron chi connectivity index (χ1n) is 8.04. The van der Waals surface area contributed by atoms with Crippen LogP contribution in [0.2, 0.25) is 0 Å². The Morgan fingerprint density at radius 3 is 2.76 bits per heavy atom. The van der Waals surface area contributed by atoms with Gasteiger partial charge in [-0.2, -0.15) is 0 Å². The summed E-state index contributed by atoms with van der Waals surface area (Å²) in [5, 5.41) is 0. The Hall–Kier alpha value is -1.04. The van der Waals surface area contributed by atoms with Crippen molar-refractivity contribution in [1.82, 2.24) is 19.8 Å². The summed E-state index contributed by atoms with van der Waals surface area (Å²) in [6.45, 7) is 13.2. The zero-order valence-corrected chi connectivity index (χ0v) is 13.6. The maximum Gasteiger partial charge on any atom is 0.0727 e. The molecule has 1 aromatic heterocycles. The van der Waals surface area contributed by atoms with Gasteiger partial charge in [0.15, 0.2) is 0 Å². The van der Waals surface area contributed by atoms with Crippen LogP contribution in [0, 0.1) is 6.92 Å². The highest BCUT2D eigenvalue weighted by atomic mass is 16.5. The highest BCUT2D eigenvalue weighted by molar-refractivity contribution is 5.01. The normalized spacial score (nSPS) is 20.8. The average Bonchev–Trinajstić information content (AvgIpc) is 2.51. The Kier molecular flexibility index (Phi) is 6.54. The summed E-state index contributed by atoms with van der Waals surface area (Å²) in [6, 6.07) is 0.623. The van der Waals surface area contributed by atoms with Crippen molar-refractivity contribution in [2.45, 2.75) is 39.8 Å². The lowest BCUT2D eigenvalue weighted by atomic mass is 10.1. The van der Waals surface area contributed by atoms with Gasteiger partial charge in [-0.3, -0.25) is 19.8 Å². The van der Waals surface area contributed by atoms with Gasteiger partial charge in [-0.15, -0.1) is 0 Å². The molecule has 21 heavy (non-hydrogen) atoms. The predicted molar refractivity (Wildman–Crippen MR) is 84.2 cm³/mol. The van der Waals surface area contributed by atoms with Crippen molar-refractivity contribution in [3.05, 3.63) is 23.8 Å². The van der Waals surface area contributed by atoms with Crippen molar-refractivity contribution in [1.29, 1.82) is 0 Å². The molecule has 0 aromatic carbocycles. The summed E-state index contributed by atoms with van der Waals surface area (Å²) in [5.74, 6) is 0. The molecule has 0 N–H and O–H groups in total. The lowest BCUT2D eigenvalue weighted by molar-refractivity contribution is 0.0381. The zero-order valence-electron chi connectivity index (χ0n) is 13.6. The molecule has 0 bridgehead atoms. The SMILES string of the molecule is CCOCCN1CCN(Cc2cnc(C)cn2)CC1CC. The molecule has 0 aliphatic carbocycles. The highest BCUT2D eigenvalue weighted by Gasteiger charge is 2.25. The fourth-order valence-corrected chi connectivity index (χ4v) is 2.84. The molecule has 1 atom stereocenters. The largest absolute Gasteiger partial charge is 0.380 e. The Morgan fingerprint density at radius 1 is 1.24 bits per heavy atom. The number of hydrogen-bond donors (Lipinski definition) is 0. The van der Waals surface area contributed by atoms with Crippen LogP contribution in [0.1, 0.15) is 31.7 Å². The van der Waals surface area contributed by atoms with E-state index in [4.69, 9.17) is 4.74 Å². The summed E-state index contributed by atoms with van der Waals surface area (Å²) in [5.41, 5.74) is 2.05. The number of ether oxygens (including phenoxy) is 1. The second-order valence-corrected chi connectivity index (χ2v) is 5.68. The van der Waals surface area contributed by atoms with Gasteiger partial charge >= 0.3 is 0 Å². The van der Waals surface area contributed by atoms with E-state index in [0.717, 1.165) is 57.3 Å². The number of rotatable bonds is 7. The first-order chi connectivity index (χ1) is 10.2. The van der Waals surface area contributed by atoms with Crippen LogP contribution in [0.4, 0.5) is 0 Å². The summed E-state index contributed by atoms with van der Waals surface area (Å²) in [7, 11) is 0. The molecule has 0 radical (unpaired) electrons. The van der Waals surface area contributed by atoms with E-state index < -0.39 is 0 Å². The summed E-state index contributed by atoms with van der Waals surface area (Å²) >= 11 is 0. The fourth-order valence-electron chi connectivity index (χ4n) is 2.84. The Balaban J connectivity index is 1.83. The van der Waals surface area contributed by atoms with Crippen molar-refractivity contribution >= 4 is 0 Å². The van der Waals surface area contributed by atoms with Crippen LogP contribution in [0.5, 0.6) is 0 Å². The number of nitrogens with zero attached hydrogens (tertiary/aromatic N) is 4. The standard InChI is InChI=1S/C16H28N4O/c1-4-16-13-19(6-7-20(16)8-9-21-5-2)12-15-11-17-14(3)10-18-15/h10-11,16H,4-9,12-13H2,1-3H3. The average molecular weight is 292 g/mol. The van der Waals surface area contributed by atoms with Crippen molar-refractivity contribution in [2.75, 3.05) is 39.4 Å². The van der Waals surface area contributed by atoms with Crippen molar-refractivity contribution in [3.8, 4) is 0 Å². The minimum absolute atomic E-state index is 0.623. The van der Waals surface area contributed by atoms with Gasteiger partial charge in [0, 0.05) is 57.8 Å². The van der Waals surface area contributed by atoms with Gasteiger partial charge in [-0.05, 0) is 20.3 Å². The van der Waals surface area contributed by atoms with Gasteiger partial charge in [0.05, 0.1) is 18.0 Å². The first-order valence-corrected chi connectivity index (χ1v) is 8.04. The molecule has 5 heteroatoms. The molecule has 0 saturated carbocycles. The second-order valence-electron chi connectivity index (χ2n) is 5.68. The van der Waals surface area contributed by atoms with Crippen LogP contribution < -0.4 is 0 Å². The summed E-state index contributed by atoms with van der Waals surface area (Å²) < 4.78 is 5.49. The predicted octanol–water partition coefficient (Wildman–Crippen LogP) is 1.72. The van der Waals surface area contributed by atoms with E-state index in [1.165, 1.54) is 6.42 Å². The van der Waals surface area contributed by atoms with Crippen LogP contribution >= 0.6 is 0 Å². The summed E-state index contributed by atoms with van der Waals surface area (Å²) in [6.07, 6.45) is 4.94. The van der Waals surface area contributed by atoms with Crippen LogP contribution in [0.25, 0.3) is 0 Å². The first kappa shape index (κ1) is 16.3. The molecule has 118 valence electrons. The lowest BCUT2D eigenvalue weighted by Crippen LogP contribution is -2.53. The summed E-state index contributed by atoms with van der Waals surface area (Å²) in [4.78, 5) is 13.9. The van der Waals surface area contributed by atoms with Crippen molar-refractivity contribution in [3.63, 3.8) is 0 Å². The number of aromatic nitrogens is 2. The van der Waals surface area contributed by atoms with E-state index in [0.29, 0.717) is 6.04 Å². The van der Waals surface area contributed by atoms with Crippen LogP contribution in [-0.2, 0) is 11.3 Å². The Bertz CT molecular complexity index is 409. The zero-order chi connectivity index (χ0) is 15.1.